The van der Waals surface area contributed by atoms with Crippen LogP contribution in [0.2, 0.25) is 0 Å². The van der Waals surface area contributed by atoms with E-state index in [1.165, 1.54) is 36.8 Å². The van der Waals surface area contributed by atoms with Crippen LogP contribution in [-0.4, -0.2) is 43.7 Å². The lowest BCUT2D eigenvalue weighted by Crippen LogP contribution is -2.34. The maximum absolute atomic E-state index is 6.04. The zero-order valence-electron chi connectivity index (χ0n) is 13.2. The molecule has 1 aromatic rings. The van der Waals surface area contributed by atoms with Gasteiger partial charge in [-0.25, -0.2) is 0 Å². The highest BCUT2D eigenvalue weighted by molar-refractivity contribution is 5.22. The molecule has 1 saturated heterocycles. The molecule has 3 rings (SSSR count). The van der Waals surface area contributed by atoms with Gasteiger partial charge in [-0.1, -0.05) is 24.3 Å². The van der Waals surface area contributed by atoms with E-state index in [9.17, 15) is 0 Å². The summed E-state index contributed by atoms with van der Waals surface area (Å²) >= 11 is 0. The minimum atomic E-state index is 0.448. The fourth-order valence-electron chi connectivity index (χ4n) is 2.88. The second kappa shape index (κ2) is 7.39. The van der Waals surface area contributed by atoms with Crippen molar-refractivity contribution in [1.29, 1.82) is 0 Å². The third-order valence-electron chi connectivity index (χ3n) is 4.60. The summed E-state index contributed by atoms with van der Waals surface area (Å²) in [5.74, 6) is 0. The summed E-state index contributed by atoms with van der Waals surface area (Å²) in [4.78, 5) is 2.38. The van der Waals surface area contributed by atoms with Gasteiger partial charge in [-0.05, 0) is 56.8 Å². The number of piperidine rings is 1. The molecule has 1 aliphatic carbocycles. The topological polar surface area (TPSA) is 24.5 Å². The van der Waals surface area contributed by atoms with Crippen LogP contribution in [0.5, 0.6) is 0 Å². The molecular formula is C18H28N2O. The summed E-state index contributed by atoms with van der Waals surface area (Å²) in [5, 5.41) is 3.56. The second-order valence-electron chi connectivity index (χ2n) is 6.61. The van der Waals surface area contributed by atoms with Crippen molar-refractivity contribution in [3.05, 3.63) is 35.4 Å². The van der Waals surface area contributed by atoms with E-state index in [4.69, 9.17) is 4.74 Å². The van der Waals surface area contributed by atoms with Gasteiger partial charge in [0.2, 0.25) is 0 Å². The van der Waals surface area contributed by atoms with Crippen LogP contribution in [0.25, 0.3) is 0 Å². The van der Waals surface area contributed by atoms with Gasteiger partial charge in [0, 0.05) is 19.1 Å². The first-order valence-corrected chi connectivity index (χ1v) is 8.41. The van der Waals surface area contributed by atoms with Gasteiger partial charge in [-0.15, -0.1) is 0 Å². The monoisotopic (exact) mass is 288 g/mol. The highest BCUT2D eigenvalue weighted by atomic mass is 16.5. The number of hydrogen-bond acceptors (Lipinski definition) is 3. The number of benzene rings is 1. The van der Waals surface area contributed by atoms with E-state index in [1.807, 2.05) is 0 Å². The van der Waals surface area contributed by atoms with Gasteiger partial charge in [0.1, 0.15) is 0 Å². The number of nitrogens with one attached hydrogen (secondary N) is 1. The number of nitrogens with zero attached hydrogens (tertiary/aromatic N) is 1. The third-order valence-corrected chi connectivity index (χ3v) is 4.60. The molecule has 0 amide bonds. The van der Waals surface area contributed by atoms with E-state index in [-0.39, 0.29) is 0 Å². The summed E-state index contributed by atoms with van der Waals surface area (Å²) in [6.07, 6.45) is 6.65. The standard InChI is InChI=1S/C18H28N2O/c1-20-12-9-18(10-13-20)21-14-16-4-2-15(3-5-16)8-11-19-17-6-7-17/h2-5,17-19H,6-14H2,1H3. The molecule has 1 N–H and O–H groups in total. The Hall–Kier alpha value is -0.900. The van der Waals surface area contributed by atoms with Crippen molar-refractivity contribution in [2.24, 2.45) is 0 Å². The summed E-state index contributed by atoms with van der Waals surface area (Å²) in [6.45, 7) is 4.19. The van der Waals surface area contributed by atoms with Gasteiger partial charge in [0.05, 0.1) is 12.7 Å². The van der Waals surface area contributed by atoms with E-state index < -0.39 is 0 Å². The summed E-state index contributed by atoms with van der Waals surface area (Å²) in [5.41, 5.74) is 2.72. The van der Waals surface area contributed by atoms with E-state index in [0.29, 0.717) is 6.10 Å². The van der Waals surface area contributed by atoms with Crippen molar-refractivity contribution in [1.82, 2.24) is 10.2 Å². The molecule has 2 aliphatic rings. The Morgan fingerprint density at radius 1 is 1.05 bits per heavy atom. The number of rotatable bonds is 7. The first-order chi connectivity index (χ1) is 10.3. The Balaban J connectivity index is 1.37. The van der Waals surface area contributed by atoms with Gasteiger partial charge in [0.25, 0.3) is 0 Å². The summed E-state index contributed by atoms with van der Waals surface area (Å²) in [7, 11) is 2.19. The Labute approximate surface area is 128 Å². The maximum atomic E-state index is 6.04. The molecule has 0 bridgehead atoms. The highest BCUT2D eigenvalue weighted by Gasteiger charge is 2.19. The normalized spacial score (nSPS) is 20.8. The van der Waals surface area contributed by atoms with Gasteiger partial charge in [-0.3, -0.25) is 0 Å². The maximum Gasteiger partial charge on any atom is 0.0720 e. The zero-order valence-corrected chi connectivity index (χ0v) is 13.2. The molecule has 1 saturated carbocycles. The first-order valence-electron chi connectivity index (χ1n) is 8.41. The van der Waals surface area contributed by atoms with Crippen molar-refractivity contribution in [2.75, 3.05) is 26.7 Å². The average Bonchev–Trinajstić information content (AvgIpc) is 3.32. The Kier molecular flexibility index (Phi) is 5.28. The molecule has 3 nitrogen and oxygen atoms in total. The minimum Gasteiger partial charge on any atom is -0.373 e. The minimum absolute atomic E-state index is 0.448. The molecule has 116 valence electrons. The van der Waals surface area contributed by atoms with Crippen molar-refractivity contribution < 1.29 is 4.74 Å². The third kappa shape index (κ3) is 5.10. The van der Waals surface area contributed by atoms with Gasteiger partial charge >= 0.3 is 0 Å². The van der Waals surface area contributed by atoms with Gasteiger partial charge < -0.3 is 15.0 Å². The van der Waals surface area contributed by atoms with Crippen LogP contribution in [0.3, 0.4) is 0 Å². The van der Waals surface area contributed by atoms with Crippen LogP contribution in [0.15, 0.2) is 24.3 Å². The lowest BCUT2D eigenvalue weighted by molar-refractivity contribution is 0.00213. The van der Waals surface area contributed by atoms with Crippen LogP contribution in [0.1, 0.15) is 36.8 Å². The molecule has 0 atom stereocenters. The molecule has 0 unspecified atom stereocenters. The molecule has 0 radical (unpaired) electrons. The number of hydrogen-bond donors (Lipinski definition) is 1. The Bertz CT molecular complexity index is 419. The average molecular weight is 288 g/mol. The molecule has 3 heteroatoms. The zero-order chi connectivity index (χ0) is 14.5. The molecule has 1 aliphatic heterocycles. The quantitative estimate of drug-likeness (QED) is 0.834. The van der Waals surface area contributed by atoms with E-state index in [0.717, 1.165) is 38.7 Å². The van der Waals surface area contributed by atoms with Crippen molar-refractivity contribution in [2.45, 2.75) is 50.9 Å². The largest absolute Gasteiger partial charge is 0.373 e. The second-order valence-corrected chi connectivity index (χ2v) is 6.61. The van der Waals surface area contributed by atoms with Crippen molar-refractivity contribution in [3.63, 3.8) is 0 Å². The Morgan fingerprint density at radius 3 is 2.38 bits per heavy atom. The van der Waals surface area contributed by atoms with E-state index in [1.54, 1.807) is 0 Å². The summed E-state index contributed by atoms with van der Waals surface area (Å²) in [6, 6.07) is 9.76. The molecule has 0 spiro atoms. The predicted octanol–water partition coefficient (Wildman–Crippen LogP) is 2.59. The molecule has 21 heavy (non-hydrogen) atoms. The molecule has 0 aromatic heterocycles. The van der Waals surface area contributed by atoms with Crippen molar-refractivity contribution in [3.8, 4) is 0 Å². The van der Waals surface area contributed by atoms with Gasteiger partial charge in [-0.2, -0.15) is 0 Å². The van der Waals surface area contributed by atoms with Crippen LogP contribution in [0.4, 0.5) is 0 Å². The highest BCUT2D eigenvalue weighted by Crippen LogP contribution is 2.18. The van der Waals surface area contributed by atoms with Crippen LogP contribution in [0, 0.1) is 0 Å². The van der Waals surface area contributed by atoms with E-state index >= 15 is 0 Å². The summed E-state index contributed by atoms with van der Waals surface area (Å²) < 4.78 is 6.04. The van der Waals surface area contributed by atoms with Crippen LogP contribution in [-0.2, 0) is 17.8 Å². The van der Waals surface area contributed by atoms with Gasteiger partial charge in [0.15, 0.2) is 0 Å². The van der Waals surface area contributed by atoms with Crippen LogP contribution < -0.4 is 5.32 Å². The molecular weight excluding hydrogens is 260 g/mol. The lowest BCUT2D eigenvalue weighted by atomic mass is 10.1. The predicted molar refractivity (Wildman–Crippen MR) is 86.5 cm³/mol. The van der Waals surface area contributed by atoms with Crippen molar-refractivity contribution >= 4 is 0 Å². The lowest BCUT2D eigenvalue weighted by Gasteiger charge is -2.28. The molecule has 2 fully saturated rings. The first kappa shape index (κ1) is 15.0. The Morgan fingerprint density at radius 2 is 1.71 bits per heavy atom. The number of ether oxygens (including phenoxy) is 1. The fourth-order valence-corrected chi connectivity index (χ4v) is 2.88. The molecule has 1 aromatic carbocycles. The molecule has 1 heterocycles. The van der Waals surface area contributed by atoms with E-state index in [2.05, 4.69) is 41.5 Å². The smallest absolute Gasteiger partial charge is 0.0720 e. The number of likely N-dealkylation sites (tertiary alicyclic amines) is 1. The SMILES string of the molecule is CN1CCC(OCc2ccc(CCNC3CC3)cc2)CC1. The van der Waals surface area contributed by atoms with Crippen LogP contribution >= 0.6 is 0 Å². The fraction of sp³-hybridized carbons (Fsp3) is 0.667.